The molecule has 1 N–H and O–H groups in total. The lowest BCUT2D eigenvalue weighted by atomic mass is 9.96. The fourth-order valence-corrected chi connectivity index (χ4v) is 6.23. The van der Waals surface area contributed by atoms with E-state index in [1.807, 2.05) is 91.1 Å². The van der Waals surface area contributed by atoms with Gasteiger partial charge in [-0.3, -0.25) is 5.41 Å². The van der Waals surface area contributed by atoms with E-state index in [1.54, 1.807) is 0 Å². The van der Waals surface area contributed by atoms with Crippen LogP contribution in [0, 0.1) is 5.41 Å². The maximum atomic E-state index is 9.30. The molecule has 0 spiro atoms. The van der Waals surface area contributed by atoms with E-state index in [9.17, 15) is 5.41 Å². The van der Waals surface area contributed by atoms with Crippen molar-refractivity contribution in [3.05, 3.63) is 193 Å². The smallest absolute Gasteiger partial charge is 0.161 e. The molecule has 0 aliphatic rings. The number of nitrogens with one attached hydrogen (secondary N) is 1. The van der Waals surface area contributed by atoms with Gasteiger partial charge in [-0.2, -0.15) is 0 Å². The molecule has 8 aromatic rings. The molecule has 0 amide bonds. The van der Waals surface area contributed by atoms with Gasteiger partial charge in [0, 0.05) is 28.1 Å². The van der Waals surface area contributed by atoms with Crippen molar-refractivity contribution in [2.45, 2.75) is 0 Å². The second kappa shape index (κ2) is 13.2. The third-order valence-corrected chi connectivity index (χ3v) is 8.61. The second-order valence-corrected chi connectivity index (χ2v) is 11.8. The lowest BCUT2D eigenvalue weighted by Gasteiger charge is -2.10. The molecule has 1 heterocycles. The van der Waals surface area contributed by atoms with Gasteiger partial charge in [-0.25, -0.2) is 9.98 Å². The molecule has 4 heteroatoms. The zero-order valence-electron chi connectivity index (χ0n) is 26.6. The van der Waals surface area contributed by atoms with Crippen LogP contribution >= 0.6 is 0 Å². The first-order valence-corrected chi connectivity index (χ1v) is 16.2. The van der Waals surface area contributed by atoms with Crippen molar-refractivity contribution in [3.8, 4) is 33.4 Å². The Morgan fingerprint density at radius 3 is 1.71 bits per heavy atom. The van der Waals surface area contributed by atoms with Crippen LogP contribution in [0.1, 0.15) is 16.7 Å². The number of fused-ring (bicyclic) bond motifs is 3. The first-order chi connectivity index (χ1) is 24.2. The van der Waals surface area contributed by atoms with E-state index in [-0.39, 0.29) is 5.84 Å². The summed E-state index contributed by atoms with van der Waals surface area (Å²) in [5, 5.41) is 11.1. The molecule has 49 heavy (non-hydrogen) atoms. The molecule has 0 aliphatic heterocycles. The summed E-state index contributed by atoms with van der Waals surface area (Å²) in [5.41, 5.74) is 10.5. The van der Waals surface area contributed by atoms with Crippen molar-refractivity contribution in [2.24, 2.45) is 9.98 Å². The number of furan rings is 1. The molecule has 0 aliphatic carbocycles. The Morgan fingerprint density at radius 1 is 0.490 bits per heavy atom. The van der Waals surface area contributed by atoms with Crippen LogP contribution in [0.4, 0.5) is 0 Å². The predicted octanol–water partition coefficient (Wildman–Crippen LogP) is 11.5. The summed E-state index contributed by atoms with van der Waals surface area (Å²) in [4.78, 5) is 9.95. The molecule has 8 rings (SSSR count). The summed E-state index contributed by atoms with van der Waals surface area (Å²) < 4.78 is 6.12. The highest BCUT2D eigenvalue weighted by molar-refractivity contribution is 6.21. The molecular formula is C45H31N3O. The standard InChI is InChI=1S/C45H31N3O/c46-44(40-23-13-25-42-43(40)39-22-10-11-24-41(39)49-42)48-45(36-21-12-20-35(28-36)32-14-4-1-5-15-32)47-30-31-26-37(33-16-6-2-7-17-33)29-38(27-31)34-18-8-3-9-19-34/h1-30,46H. The minimum absolute atomic E-state index is 0.109. The topological polar surface area (TPSA) is 61.7 Å². The third kappa shape index (κ3) is 6.23. The number of aliphatic imine (C=N–C) groups is 2. The fraction of sp³-hybridized carbons (Fsp3) is 0. The zero-order chi connectivity index (χ0) is 33.0. The molecule has 1 aromatic heterocycles. The Kier molecular flexibility index (Phi) is 8.02. The number of nitrogens with zero attached hydrogens (tertiary/aromatic N) is 2. The van der Waals surface area contributed by atoms with Crippen molar-refractivity contribution in [3.63, 3.8) is 0 Å². The summed E-state index contributed by atoms with van der Waals surface area (Å²) in [6, 6.07) is 59.4. The predicted molar refractivity (Wildman–Crippen MR) is 204 cm³/mol. The molecule has 0 fully saturated rings. The molecule has 0 radical (unpaired) electrons. The van der Waals surface area contributed by atoms with E-state index < -0.39 is 0 Å². The lowest BCUT2D eigenvalue weighted by Crippen LogP contribution is -2.05. The number of hydrogen-bond acceptors (Lipinski definition) is 2. The van der Waals surface area contributed by atoms with E-state index in [4.69, 9.17) is 14.4 Å². The van der Waals surface area contributed by atoms with Gasteiger partial charge in [-0.15, -0.1) is 0 Å². The van der Waals surface area contributed by atoms with Gasteiger partial charge in [0.2, 0.25) is 0 Å². The monoisotopic (exact) mass is 629 g/mol. The summed E-state index contributed by atoms with van der Waals surface area (Å²) in [6.07, 6.45) is 1.86. The molecule has 0 saturated carbocycles. The Hall–Kier alpha value is -6.65. The molecule has 0 saturated heterocycles. The van der Waals surface area contributed by atoms with Gasteiger partial charge >= 0.3 is 0 Å². The number of amidine groups is 2. The molecule has 0 bridgehead atoms. The van der Waals surface area contributed by atoms with Crippen LogP contribution in [-0.2, 0) is 0 Å². The van der Waals surface area contributed by atoms with Gasteiger partial charge in [-0.1, -0.05) is 140 Å². The first kappa shape index (κ1) is 29.7. The van der Waals surface area contributed by atoms with Crippen molar-refractivity contribution >= 4 is 39.8 Å². The molecule has 4 nitrogen and oxygen atoms in total. The van der Waals surface area contributed by atoms with Gasteiger partial charge < -0.3 is 4.42 Å². The van der Waals surface area contributed by atoms with Crippen LogP contribution < -0.4 is 0 Å². The average Bonchev–Trinajstić information content (AvgIpc) is 3.56. The van der Waals surface area contributed by atoms with E-state index in [1.165, 1.54) is 0 Å². The highest BCUT2D eigenvalue weighted by atomic mass is 16.3. The molecule has 232 valence electrons. The number of rotatable bonds is 6. The number of hydrogen-bond donors (Lipinski definition) is 1. The molecule has 7 aromatic carbocycles. The molecular weight excluding hydrogens is 599 g/mol. The van der Waals surface area contributed by atoms with E-state index in [0.717, 1.165) is 66.4 Å². The van der Waals surface area contributed by atoms with Crippen LogP contribution in [0.3, 0.4) is 0 Å². The highest BCUT2D eigenvalue weighted by Crippen LogP contribution is 2.32. The maximum absolute atomic E-state index is 9.30. The van der Waals surface area contributed by atoms with Crippen molar-refractivity contribution in [1.29, 1.82) is 5.41 Å². The van der Waals surface area contributed by atoms with Crippen LogP contribution in [0.25, 0.3) is 55.3 Å². The summed E-state index contributed by atoms with van der Waals surface area (Å²) in [5.74, 6) is 0.552. The quantitative estimate of drug-likeness (QED) is 0.144. The van der Waals surface area contributed by atoms with Crippen LogP contribution in [0.5, 0.6) is 0 Å². The summed E-state index contributed by atoms with van der Waals surface area (Å²) in [6.45, 7) is 0. The van der Waals surface area contributed by atoms with E-state index in [2.05, 4.69) is 91.0 Å². The lowest BCUT2D eigenvalue weighted by molar-refractivity contribution is 0.669. The largest absolute Gasteiger partial charge is 0.456 e. The van der Waals surface area contributed by atoms with E-state index in [0.29, 0.717) is 11.4 Å². The highest BCUT2D eigenvalue weighted by Gasteiger charge is 2.15. The molecule has 0 unspecified atom stereocenters. The van der Waals surface area contributed by atoms with Crippen molar-refractivity contribution in [1.82, 2.24) is 0 Å². The average molecular weight is 630 g/mol. The van der Waals surface area contributed by atoms with Gasteiger partial charge in [0.15, 0.2) is 11.7 Å². The number of para-hydroxylation sites is 1. The first-order valence-electron chi connectivity index (χ1n) is 16.2. The third-order valence-electron chi connectivity index (χ3n) is 8.61. The SMILES string of the molecule is N=C(N=C(N=Cc1cc(-c2ccccc2)cc(-c2ccccc2)c1)c1cccc(-c2ccccc2)c1)c1cccc2oc3ccccc3c12. The Bertz CT molecular complexity index is 2440. The van der Waals surface area contributed by atoms with Gasteiger partial charge in [0.25, 0.3) is 0 Å². The second-order valence-electron chi connectivity index (χ2n) is 11.8. The number of benzene rings is 7. The van der Waals surface area contributed by atoms with Crippen LogP contribution in [0.2, 0.25) is 0 Å². The normalized spacial score (nSPS) is 11.8. The minimum atomic E-state index is 0.109. The zero-order valence-corrected chi connectivity index (χ0v) is 26.6. The maximum Gasteiger partial charge on any atom is 0.161 e. The van der Waals surface area contributed by atoms with Crippen molar-refractivity contribution < 1.29 is 4.42 Å². The van der Waals surface area contributed by atoms with Crippen LogP contribution in [-0.4, -0.2) is 17.9 Å². The molecule has 0 atom stereocenters. The van der Waals surface area contributed by atoms with Crippen molar-refractivity contribution in [2.75, 3.05) is 0 Å². The minimum Gasteiger partial charge on any atom is -0.456 e. The van der Waals surface area contributed by atoms with Gasteiger partial charge in [-0.05, 0) is 75.3 Å². The Balaban J connectivity index is 1.27. The Morgan fingerprint density at radius 2 is 1.04 bits per heavy atom. The van der Waals surface area contributed by atoms with Crippen LogP contribution in [0.15, 0.2) is 190 Å². The summed E-state index contributed by atoms with van der Waals surface area (Å²) in [7, 11) is 0. The van der Waals surface area contributed by atoms with Gasteiger partial charge in [0.1, 0.15) is 11.2 Å². The fourth-order valence-electron chi connectivity index (χ4n) is 6.23. The summed E-state index contributed by atoms with van der Waals surface area (Å²) >= 11 is 0. The van der Waals surface area contributed by atoms with Gasteiger partial charge in [0.05, 0.1) is 0 Å². The Labute approximate surface area is 284 Å². The van der Waals surface area contributed by atoms with E-state index >= 15 is 0 Å².